The van der Waals surface area contributed by atoms with Crippen LogP contribution in [0.15, 0.2) is 65.4 Å². The fourth-order valence-electron chi connectivity index (χ4n) is 2.63. The summed E-state index contributed by atoms with van der Waals surface area (Å²) in [5.41, 5.74) is 6.83. The van der Waals surface area contributed by atoms with Gasteiger partial charge < -0.3 is 4.98 Å². The summed E-state index contributed by atoms with van der Waals surface area (Å²) in [6.07, 6.45) is 3.07. The molecule has 0 unspecified atom stereocenters. The Hall–Kier alpha value is -3.46. The fraction of sp³-hybridized carbons (Fsp3) is 0. The summed E-state index contributed by atoms with van der Waals surface area (Å²) >= 11 is 3.42. The first-order valence-electron chi connectivity index (χ1n) is 7.97. The number of halogens is 1. The van der Waals surface area contributed by atoms with Gasteiger partial charge in [-0.05, 0) is 34.1 Å². The number of para-hydroxylation sites is 2. The molecule has 0 spiro atoms. The molecule has 9 heteroatoms. The van der Waals surface area contributed by atoms with E-state index in [0.717, 1.165) is 21.1 Å². The van der Waals surface area contributed by atoms with Crippen LogP contribution in [0.3, 0.4) is 0 Å². The third kappa shape index (κ3) is 3.32. The van der Waals surface area contributed by atoms with E-state index in [1.807, 2.05) is 48.5 Å². The Morgan fingerprint density at radius 3 is 2.59 bits per heavy atom. The number of hydrazine groups is 1. The first-order chi connectivity index (χ1) is 13.1. The third-order valence-corrected chi connectivity index (χ3v) is 4.62. The summed E-state index contributed by atoms with van der Waals surface area (Å²) < 4.78 is 2.29. The number of hydrogen-bond donors (Lipinski definition) is 3. The lowest BCUT2D eigenvalue weighted by atomic mass is 10.2. The lowest BCUT2D eigenvalue weighted by Gasteiger charge is -2.05. The third-order valence-electron chi connectivity index (χ3n) is 3.95. The van der Waals surface area contributed by atoms with Gasteiger partial charge in [-0.2, -0.15) is 0 Å². The molecule has 0 bridgehead atoms. The average Bonchev–Trinajstić information content (AvgIpc) is 3.33. The zero-order chi connectivity index (χ0) is 18.8. The number of aromatic nitrogens is 4. The van der Waals surface area contributed by atoms with Crippen LogP contribution >= 0.6 is 15.9 Å². The van der Waals surface area contributed by atoms with Crippen molar-refractivity contribution in [2.45, 2.75) is 0 Å². The number of rotatable bonds is 3. The molecule has 0 aliphatic carbocycles. The van der Waals surface area contributed by atoms with E-state index in [2.05, 4.69) is 42.1 Å². The van der Waals surface area contributed by atoms with Gasteiger partial charge in [-0.1, -0.05) is 35.5 Å². The van der Waals surface area contributed by atoms with Gasteiger partial charge in [0.15, 0.2) is 5.69 Å². The summed E-state index contributed by atoms with van der Waals surface area (Å²) in [6.45, 7) is 0. The topological polar surface area (TPSA) is 105 Å². The van der Waals surface area contributed by atoms with Gasteiger partial charge in [0.05, 0.1) is 17.4 Å². The van der Waals surface area contributed by atoms with Gasteiger partial charge in [-0.3, -0.25) is 20.4 Å². The maximum atomic E-state index is 12.3. The minimum atomic E-state index is -0.568. The van der Waals surface area contributed by atoms with Crippen LogP contribution in [0.5, 0.6) is 0 Å². The van der Waals surface area contributed by atoms with Crippen LogP contribution in [0.1, 0.15) is 20.8 Å². The maximum Gasteiger partial charge on any atom is 0.291 e. The van der Waals surface area contributed by atoms with Gasteiger partial charge in [0.25, 0.3) is 11.8 Å². The van der Waals surface area contributed by atoms with Gasteiger partial charge in [-0.15, -0.1) is 5.10 Å². The van der Waals surface area contributed by atoms with Gasteiger partial charge in [-0.25, -0.2) is 4.68 Å². The molecule has 8 nitrogen and oxygen atoms in total. The van der Waals surface area contributed by atoms with Crippen molar-refractivity contribution in [3.05, 3.63) is 76.7 Å². The van der Waals surface area contributed by atoms with Crippen LogP contribution in [0.25, 0.3) is 16.6 Å². The Morgan fingerprint density at radius 2 is 1.74 bits per heavy atom. The highest BCUT2D eigenvalue weighted by Crippen LogP contribution is 2.19. The lowest BCUT2D eigenvalue weighted by Crippen LogP contribution is -2.41. The van der Waals surface area contributed by atoms with Crippen molar-refractivity contribution in [2.24, 2.45) is 0 Å². The van der Waals surface area contributed by atoms with Gasteiger partial charge >= 0.3 is 0 Å². The Labute approximate surface area is 161 Å². The van der Waals surface area contributed by atoms with Crippen LogP contribution < -0.4 is 10.9 Å². The molecule has 134 valence electrons. The predicted octanol–water partition coefficient (Wildman–Crippen LogP) is 2.59. The molecule has 0 saturated heterocycles. The molecule has 3 N–H and O–H groups in total. The zero-order valence-electron chi connectivity index (χ0n) is 13.8. The van der Waals surface area contributed by atoms with E-state index in [4.69, 9.17) is 0 Å². The number of carbonyl (C=O) groups is 2. The van der Waals surface area contributed by atoms with Crippen molar-refractivity contribution >= 4 is 38.6 Å². The molecule has 27 heavy (non-hydrogen) atoms. The van der Waals surface area contributed by atoms with E-state index in [9.17, 15) is 9.59 Å². The number of nitrogens with zero attached hydrogens (tertiary/aromatic N) is 3. The predicted molar refractivity (Wildman–Crippen MR) is 102 cm³/mol. The lowest BCUT2D eigenvalue weighted by molar-refractivity contribution is 0.0845. The first-order valence-corrected chi connectivity index (χ1v) is 8.77. The Bertz CT molecular complexity index is 1150. The molecule has 2 aromatic carbocycles. The highest BCUT2D eigenvalue weighted by atomic mass is 79.9. The summed E-state index contributed by atoms with van der Waals surface area (Å²) in [5.74, 6) is -1.000. The van der Waals surface area contributed by atoms with E-state index < -0.39 is 11.8 Å². The average molecular weight is 425 g/mol. The summed E-state index contributed by atoms with van der Waals surface area (Å²) in [4.78, 5) is 27.6. The molecule has 2 aromatic heterocycles. The standard InChI is InChI=1S/C18H13BrN6O2/c19-13-6-2-4-8-16(13)25-10-15(21-24-25)18(27)23-22-17(26)12-9-20-14-7-3-1-5-11(12)14/h1-10,20H,(H,22,26)(H,23,27). The van der Waals surface area contributed by atoms with Crippen molar-refractivity contribution in [3.8, 4) is 5.69 Å². The minimum absolute atomic E-state index is 0.0741. The van der Waals surface area contributed by atoms with E-state index in [0.29, 0.717) is 5.56 Å². The van der Waals surface area contributed by atoms with Crippen molar-refractivity contribution in [3.63, 3.8) is 0 Å². The molecule has 2 amide bonds. The van der Waals surface area contributed by atoms with E-state index in [1.165, 1.54) is 10.9 Å². The number of nitrogens with one attached hydrogen (secondary N) is 3. The van der Waals surface area contributed by atoms with Crippen molar-refractivity contribution in [2.75, 3.05) is 0 Å². The van der Waals surface area contributed by atoms with E-state index >= 15 is 0 Å². The van der Waals surface area contributed by atoms with Gasteiger partial charge in [0, 0.05) is 21.6 Å². The maximum absolute atomic E-state index is 12.3. The second kappa shape index (κ2) is 7.04. The fourth-order valence-corrected chi connectivity index (χ4v) is 3.09. The molecular weight excluding hydrogens is 412 g/mol. The van der Waals surface area contributed by atoms with Crippen molar-refractivity contribution in [1.29, 1.82) is 0 Å². The zero-order valence-corrected chi connectivity index (χ0v) is 15.4. The molecule has 2 heterocycles. The van der Waals surface area contributed by atoms with Crippen LogP contribution in [-0.4, -0.2) is 31.8 Å². The SMILES string of the molecule is O=C(NNC(=O)c1c[nH]c2ccccc12)c1cn(-c2ccccc2Br)nn1. The number of aromatic amines is 1. The smallest absolute Gasteiger partial charge is 0.291 e. The van der Waals surface area contributed by atoms with Crippen molar-refractivity contribution in [1.82, 2.24) is 30.8 Å². The molecule has 0 atom stereocenters. The number of H-pyrrole nitrogens is 1. The Morgan fingerprint density at radius 1 is 1.00 bits per heavy atom. The summed E-state index contributed by atoms with van der Waals surface area (Å²) in [5, 5.41) is 8.56. The molecule has 4 rings (SSSR count). The Balaban J connectivity index is 1.46. The summed E-state index contributed by atoms with van der Waals surface area (Å²) in [7, 11) is 0. The minimum Gasteiger partial charge on any atom is -0.360 e. The second-order valence-electron chi connectivity index (χ2n) is 5.66. The Kier molecular flexibility index (Phi) is 4.43. The number of amides is 2. The molecule has 0 aliphatic rings. The van der Waals surface area contributed by atoms with E-state index in [1.54, 1.807) is 6.20 Å². The van der Waals surface area contributed by atoms with Crippen LogP contribution in [-0.2, 0) is 0 Å². The molecule has 0 radical (unpaired) electrons. The molecule has 0 fully saturated rings. The molecular formula is C18H13BrN6O2. The number of benzene rings is 2. The monoisotopic (exact) mass is 424 g/mol. The second-order valence-corrected chi connectivity index (χ2v) is 6.51. The number of hydrogen-bond acceptors (Lipinski definition) is 4. The van der Waals surface area contributed by atoms with Crippen LogP contribution in [0, 0.1) is 0 Å². The first kappa shape index (κ1) is 17.0. The largest absolute Gasteiger partial charge is 0.360 e. The van der Waals surface area contributed by atoms with Crippen molar-refractivity contribution < 1.29 is 9.59 Å². The quantitative estimate of drug-likeness (QED) is 0.439. The molecule has 4 aromatic rings. The number of fused-ring (bicyclic) bond motifs is 1. The molecule has 0 saturated carbocycles. The van der Waals surface area contributed by atoms with E-state index in [-0.39, 0.29) is 5.69 Å². The highest BCUT2D eigenvalue weighted by Gasteiger charge is 2.16. The normalized spacial score (nSPS) is 10.7. The summed E-state index contributed by atoms with van der Waals surface area (Å²) in [6, 6.07) is 14.8. The molecule has 0 aliphatic heterocycles. The van der Waals surface area contributed by atoms with Gasteiger partial charge in [0.1, 0.15) is 0 Å². The van der Waals surface area contributed by atoms with Gasteiger partial charge in [0.2, 0.25) is 0 Å². The highest BCUT2D eigenvalue weighted by molar-refractivity contribution is 9.10. The van der Waals surface area contributed by atoms with Crippen LogP contribution in [0.2, 0.25) is 0 Å². The number of carbonyl (C=O) groups excluding carboxylic acids is 2. The van der Waals surface area contributed by atoms with Crippen LogP contribution in [0.4, 0.5) is 0 Å².